The number of ether oxygens (including phenoxy) is 1. The fourth-order valence-corrected chi connectivity index (χ4v) is 4.88. The number of piperazine rings is 1. The molecular weight excluding hydrogens is 424 g/mol. The molecule has 1 aliphatic heterocycles. The largest absolute Gasteiger partial charge is 0.494 e. The highest BCUT2D eigenvalue weighted by Crippen LogP contribution is 2.25. The Morgan fingerprint density at radius 2 is 1.71 bits per heavy atom. The zero-order valence-electron chi connectivity index (χ0n) is 19.7. The minimum atomic E-state index is 0.433. The van der Waals surface area contributed by atoms with E-state index in [0.717, 1.165) is 82.9 Å². The molecule has 1 atom stereocenters. The standard InChI is InChI=1S/C27H30N6O/c1-3-34-21-8-4-18(5-9-21)26-28-22-10-6-19(16-24(22)30-26)27-29-23-11-7-20(17-25(23)31-27)33-14-12-32(2)13-15-33/h4-6,8-11,16-17,20H,3,7,12-15H2,1-2H3,(H,28,30)(H,29,31). The minimum absolute atomic E-state index is 0.433. The molecule has 0 amide bonds. The van der Waals surface area contributed by atoms with E-state index in [1.807, 2.05) is 31.2 Å². The molecule has 0 spiro atoms. The second kappa shape index (κ2) is 8.74. The van der Waals surface area contributed by atoms with E-state index in [0.29, 0.717) is 12.6 Å². The predicted octanol–water partition coefficient (Wildman–Crippen LogP) is 2.60. The molecule has 2 aromatic carbocycles. The summed E-state index contributed by atoms with van der Waals surface area (Å²) in [6.45, 7) is 7.14. The van der Waals surface area contributed by atoms with Crippen molar-refractivity contribution in [3.05, 3.63) is 53.2 Å². The van der Waals surface area contributed by atoms with Gasteiger partial charge in [-0.05, 0) is 68.9 Å². The number of imidazole rings is 2. The summed E-state index contributed by atoms with van der Waals surface area (Å²) in [6.07, 6.45) is 5.66. The van der Waals surface area contributed by atoms with Gasteiger partial charge in [0, 0.05) is 43.3 Å². The summed E-state index contributed by atoms with van der Waals surface area (Å²) in [5.74, 6) is 2.62. The first-order valence-corrected chi connectivity index (χ1v) is 12.1. The van der Waals surface area contributed by atoms with Crippen molar-refractivity contribution in [2.75, 3.05) is 39.8 Å². The zero-order valence-corrected chi connectivity index (χ0v) is 19.7. The van der Waals surface area contributed by atoms with Crippen molar-refractivity contribution in [1.29, 1.82) is 0 Å². The number of benzene rings is 2. The number of likely N-dealkylation sites (N-methyl/N-ethyl adjacent to an activating group) is 1. The first-order chi connectivity index (χ1) is 16.7. The third-order valence-electron chi connectivity index (χ3n) is 6.88. The molecule has 7 nitrogen and oxygen atoms in total. The number of aromatic nitrogens is 4. The molecule has 34 heavy (non-hydrogen) atoms. The highest BCUT2D eigenvalue weighted by Gasteiger charge is 2.22. The minimum Gasteiger partial charge on any atom is -0.494 e. The fourth-order valence-electron chi connectivity index (χ4n) is 4.88. The number of hydrogen-bond acceptors (Lipinski definition) is 5. The van der Waals surface area contributed by atoms with Gasteiger partial charge < -0.3 is 19.6 Å². The maximum atomic E-state index is 5.55. The van der Waals surface area contributed by atoms with Crippen molar-refractivity contribution >= 4 is 23.2 Å². The predicted molar refractivity (Wildman–Crippen MR) is 136 cm³/mol. The lowest BCUT2D eigenvalue weighted by Gasteiger charge is -2.36. The molecule has 174 valence electrons. The van der Waals surface area contributed by atoms with Gasteiger partial charge in [-0.1, -0.05) is 6.08 Å². The van der Waals surface area contributed by atoms with Crippen molar-refractivity contribution in [3.8, 4) is 28.5 Å². The zero-order chi connectivity index (χ0) is 23.1. The van der Waals surface area contributed by atoms with Gasteiger partial charge in [0.1, 0.15) is 17.4 Å². The van der Waals surface area contributed by atoms with Crippen LogP contribution in [0.5, 0.6) is 5.75 Å². The van der Waals surface area contributed by atoms with Gasteiger partial charge >= 0.3 is 0 Å². The van der Waals surface area contributed by atoms with Crippen molar-refractivity contribution < 1.29 is 4.74 Å². The molecule has 2 aliphatic rings. The third kappa shape index (κ3) is 4.02. The summed E-state index contributed by atoms with van der Waals surface area (Å²) in [5, 5.41) is 2.18. The van der Waals surface area contributed by atoms with E-state index in [1.54, 1.807) is 0 Å². The van der Waals surface area contributed by atoms with Crippen LogP contribution in [0.3, 0.4) is 0 Å². The van der Waals surface area contributed by atoms with E-state index >= 15 is 0 Å². The first-order valence-electron chi connectivity index (χ1n) is 12.1. The maximum Gasteiger partial charge on any atom is 0.138 e. The van der Waals surface area contributed by atoms with Crippen LogP contribution in [0.2, 0.25) is 0 Å². The van der Waals surface area contributed by atoms with Crippen molar-refractivity contribution in [2.24, 2.45) is 0 Å². The van der Waals surface area contributed by atoms with Crippen LogP contribution in [-0.4, -0.2) is 75.6 Å². The summed E-state index contributed by atoms with van der Waals surface area (Å²) in [4.78, 5) is 21.7. The Balaban J connectivity index is 1.27. The first kappa shape index (κ1) is 21.1. The normalized spacial score (nSPS) is 18.9. The molecule has 7 heteroatoms. The van der Waals surface area contributed by atoms with E-state index in [-0.39, 0.29) is 0 Å². The van der Waals surface area contributed by atoms with Gasteiger partial charge in [0.25, 0.3) is 0 Å². The van der Waals surface area contributed by atoms with Crippen LogP contribution in [-0.2, 0) is 0 Å². The molecule has 2 aromatic heterocycles. The Morgan fingerprint density at radius 1 is 0.941 bits per heavy atom. The van der Waals surface area contributed by atoms with Crippen LogP contribution < -0.4 is 15.4 Å². The average Bonchev–Trinajstić information content (AvgIpc) is 3.48. The molecule has 2 N–H and O–H groups in total. The van der Waals surface area contributed by atoms with Gasteiger partial charge in [-0.25, -0.2) is 9.97 Å². The SMILES string of the molecule is CCOc1ccc(-c2nc3cc(-c4nc5c([nH]4)=CCC(N4CCN(C)CC4)C=5)ccc3[nH]2)cc1. The van der Waals surface area contributed by atoms with E-state index in [1.165, 1.54) is 0 Å². The van der Waals surface area contributed by atoms with Gasteiger partial charge in [-0.3, -0.25) is 4.90 Å². The fraction of sp³-hybridized carbons (Fsp3) is 0.333. The monoisotopic (exact) mass is 454 g/mol. The van der Waals surface area contributed by atoms with Gasteiger partial charge in [0.15, 0.2) is 0 Å². The van der Waals surface area contributed by atoms with E-state index in [4.69, 9.17) is 14.7 Å². The van der Waals surface area contributed by atoms with E-state index < -0.39 is 0 Å². The number of nitrogens with zero attached hydrogens (tertiary/aromatic N) is 4. The number of aromatic amines is 2. The molecule has 6 rings (SSSR count). The van der Waals surface area contributed by atoms with E-state index in [9.17, 15) is 0 Å². The Labute approximate surface area is 198 Å². The Hall–Kier alpha value is -3.42. The lowest BCUT2D eigenvalue weighted by Crippen LogP contribution is -2.50. The van der Waals surface area contributed by atoms with Gasteiger partial charge in [0.05, 0.1) is 28.3 Å². The number of H-pyrrole nitrogens is 2. The molecular formula is C27H30N6O. The van der Waals surface area contributed by atoms with Crippen LogP contribution in [0.1, 0.15) is 13.3 Å². The molecule has 1 aliphatic carbocycles. The highest BCUT2D eigenvalue weighted by molar-refractivity contribution is 5.83. The lowest BCUT2D eigenvalue weighted by atomic mass is 10.1. The van der Waals surface area contributed by atoms with Crippen LogP contribution in [0.4, 0.5) is 0 Å². The Morgan fingerprint density at radius 3 is 2.50 bits per heavy atom. The second-order valence-corrected chi connectivity index (χ2v) is 9.17. The molecule has 1 saturated heterocycles. The summed E-state index contributed by atoms with van der Waals surface area (Å²) in [6, 6.07) is 14.7. The third-order valence-corrected chi connectivity index (χ3v) is 6.88. The van der Waals surface area contributed by atoms with Gasteiger partial charge in [-0.15, -0.1) is 0 Å². The second-order valence-electron chi connectivity index (χ2n) is 9.17. The van der Waals surface area contributed by atoms with Crippen LogP contribution >= 0.6 is 0 Å². The smallest absolute Gasteiger partial charge is 0.138 e. The topological polar surface area (TPSA) is 73.1 Å². The summed E-state index contributed by atoms with van der Waals surface area (Å²) in [5.41, 5.74) is 4.02. The molecule has 3 heterocycles. The molecule has 1 unspecified atom stereocenters. The van der Waals surface area contributed by atoms with Crippen molar-refractivity contribution in [3.63, 3.8) is 0 Å². The lowest BCUT2D eigenvalue weighted by molar-refractivity contribution is 0.136. The summed E-state index contributed by atoms with van der Waals surface area (Å²) < 4.78 is 5.55. The maximum absolute atomic E-state index is 5.55. The van der Waals surface area contributed by atoms with Gasteiger partial charge in [0.2, 0.25) is 0 Å². The average molecular weight is 455 g/mol. The van der Waals surface area contributed by atoms with Crippen LogP contribution in [0.25, 0.3) is 46.0 Å². The van der Waals surface area contributed by atoms with Gasteiger partial charge in [-0.2, -0.15) is 0 Å². The molecule has 1 fully saturated rings. The molecule has 0 bridgehead atoms. The summed E-state index contributed by atoms with van der Waals surface area (Å²) >= 11 is 0. The number of hydrogen-bond donors (Lipinski definition) is 2. The van der Waals surface area contributed by atoms with Crippen molar-refractivity contribution in [1.82, 2.24) is 29.7 Å². The van der Waals surface area contributed by atoms with Crippen molar-refractivity contribution in [2.45, 2.75) is 19.4 Å². The number of nitrogens with one attached hydrogen (secondary N) is 2. The number of rotatable bonds is 5. The quantitative estimate of drug-likeness (QED) is 0.485. The Kier molecular flexibility index (Phi) is 5.43. The molecule has 4 aromatic rings. The summed E-state index contributed by atoms with van der Waals surface area (Å²) in [7, 11) is 2.20. The molecule has 0 radical (unpaired) electrons. The van der Waals surface area contributed by atoms with Crippen LogP contribution in [0, 0.1) is 0 Å². The van der Waals surface area contributed by atoms with Crippen LogP contribution in [0.15, 0.2) is 42.5 Å². The van der Waals surface area contributed by atoms with E-state index in [2.05, 4.69) is 57.2 Å². The molecule has 0 saturated carbocycles. The Bertz CT molecular complexity index is 1430. The number of fused-ring (bicyclic) bond motifs is 2. The highest BCUT2D eigenvalue weighted by atomic mass is 16.5.